The summed E-state index contributed by atoms with van der Waals surface area (Å²) in [6.07, 6.45) is 2.00. The first kappa shape index (κ1) is 15.1. The van der Waals surface area contributed by atoms with Crippen molar-refractivity contribution >= 4 is 17.7 Å². The van der Waals surface area contributed by atoms with Gasteiger partial charge >= 0.3 is 12.0 Å². The number of aromatic carboxylic acids is 1. The summed E-state index contributed by atoms with van der Waals surface area (Å²) in [7, 11) is 1.66. The molecule has 2 rings (SSSR count). The fourth-order valence-electron chi connectivity index (χ4n) is 2.19. The molecule has 1 aromatic carbocycles. The van der Waals surface area contributed by atoms with Gasteiger partial charge in [0.05, 0.1) is 6.10 Å². The van der Waals surface area contributed by atoms with Crippen molar-refractivity contribution in [3.8, 4) is 5.75 Å². The molecule has 2 amide bonds. The lowest BCUT2D eigenvalue weighted by molar-refractivity contribution is 0.0693. The number of nitrogens with zero attached hydrogens (tertiary/aromatic N) is 1. The topological polar surface area (TPSA) is 99.1 Å². The quantitative estimate of drug-likeness (QED) is 0.785. The summed E-state index contributed by atoms with van der Waals surface area (Å²) < 4.78 is 5.46. The Morgan fingerprint density at radius 3 is 2.81 bits per heavy atom. The maximum Gasteiger partial charge on any atom is 0.339 e. The predicted molar refractivity (Wildman–Crippen MR) is 75.7 cm³/mol. The van der Waals surface area contributed by atoms with E-state index in [0.29, 0.717) is 12.2 Å². The molecule has 7 heteroatoms. The Morgan fingerprint density at radius 1 is 1.48 bits per heavy atom. The number of nitrogens with one attached hydrogen (secondary N) is 1. The average Bonchev–Trinajstić information content (AvgIpc) is 2.91. The first-order chi connectivity index (χ1) is 9.97. The largest absolute Gasteiger partial charge is 0.507 e. The monoisotopic (exact) mass is 294 g/mol. The predicted octanol–water partition coefficient (Wildman–Crippen LogP) is 1.73. The van der Waals surface area contributed by atoms with E-state index in [2.05, 4.69) is 5.32 Å². The van der Waals surface area contributed by atoms with Crippen LogP contribution in [-0.4, -0.2) is 53.4 Å². The van der Waals surface area contributed by atoms with Gasteiger partial charge in [0.15, 0.2) is 0 Å². The number of amides is 2. The summed E-state index contributed by atoms with van der Waals surface area (Å²) in [4.78, 5) is 24.3. The summed E-state index contributed by atoms with van der Waals surface area (Å²) >= 11 is 0. The molecule has 0 radical (unpaired) electrons. The van der Waals surface area contributed by atoms with Crippen LogP contribution in [0.3, 0.4) is 0 Å². The number of hydrogen-bond acceptors (Lipinski definition) is 4. The van der Waals surface area contributed by atoms with E-state index in [0.717, 1.165) is 19.4 Å². The second kappa shape index (κ2) is 6.45. The Bertz CT molecular complexity index is 540. The Hall–Kier alpha value is -2.28. The van der Waals surface area contributed by atoms with E-state index in [1.165, 1.54) is 23.1 Å². The first-order valence-corrected chi connectivity index (χ1v) is 6.67. The number of benzene rings is 1. The van der Waals surface area contributed by atoms with E-state index < -0.39 is 5.97 Å². The van der Waals surface area contributed by atoms with Crippen molar-refractivity contribution in [3.05, 3.63) is 23.8 Å². The lowest BCUT2D eigenvalue weighted by Gasteiger charge is -2.21. The molecule has 1 unspecified atom stereocenters. The SMILES string of the molecule is CN(CC1CCCO1)C(=O)Nc1ccc(C(=O)O)c(O)c1. The van der Waals surface area contributed by atoms with Gasteiger partial charge in [0.2, 0.25) is 0 Å². The lowest BCUT2D eigenvalue weighted by atomic mass is 10.2. The van der Waals surface area contributed by atoms with Gasteiger partial charge in [-0.25, -0.2) is 9.59 Å². The van der Waals surface area contributed by atoms with Gasteiger partial charge in [-0.1, -0.05) is 0 Å². The van der Waals surface area contributed by atoms with Gasteiger partial charge in [-0.2, -0.15) is 0 Å². The summed E-state index contributed by atoms with van der Waals surface area (Å²) in [6, 6.07) is 3.54. The summed E-state index contributed by atoms with van der Waals surface area (Å²) in [6.45, 7) is 1.22. The molecule has 0 saturated carbocycles. The zero-order valence-electron chi connectivity index (χ0n) is 11.7. The number of likely N-dealkylation sites (N-methyl/N-ethyl adjacent to an activating group) is 1. The third-order valence-corrected chi connectivity index (χ3v) is 3.33. The van der Waals surface area contributed by atoms with Crippen LogP contribution in [0.25, 0.3) is 0 Å². The van der Waals surface area contributed by atoms with Crippen LogP contribution in [0.2, 0.25) is 0 Å². The highest BCUT2D eigenvalue weighted by Crippen LogP contribution is 2.22. The van der Waals surface area contributed by atoms with Gasteiger partial charge in [-0.15, -0.1) is 0 Å². The molecule has 1 fully saturated rings. The molecule has 7 nitrogen and oxygen atoms in total. The number of ether oxygens (including phenoxy) is 1. The lowest BCUT2D eigenvalue weighted by Crippen LogP contribution is -2.37. The number of aromatic hydroxyl groups is 1. The third kappa shape index (κ3) is 3.85. The van der Waals surface area contributed by atoms with Crippen LogP contribution in [0.4, 0.5) is 10.5 Å². The van der Waals surface area contributed by atoms with Crippen molar-refractivity contribution in [2.75, 3.05) is 25.5 Å². The van der Waals surface area contributed by atoms with E-state index in [4.69, 9.17) is 9.84 Å². The zero-order valence-corrected chi connectivity index (χ0v) is 11.7. The number of carboxylic acids is 1. The highest BCUT2D eigenvalue weighted by Gasteiger charge is 2.20. The molecule has 0 aliphatic carbocycles. The van der Waals surface area contributed by atoms with Crippen molar-refractivity contribution in [3.63, 3.8) is 0 Å². The van der Waals surface area contributed by atoms with Crippen LogP contribution in [0.15, 0.2) is 18.2 Å². The molecular weight excluding hydrogens is 276 g/mol. The molecule has 0 spiro atoms. The van der Waals surface area contributed by atoms with E-state index in [1.54, 1.807) is 7.05 Å². The Kier molecular flexibility index (Phi) is 4.64. The summed E-state index contributed by atoms with van der Waals surface area (Å²) in [5, 5.41) is 21.0. The molecule has 1 heterocycles. The van der Waals surface area contributed by atoms with Crippen LogP contribution in [0, 0.1) is 0 Å². The number of phenols is 1. The van der Waals surface area contributed by atoms with Crippen LogP contribution < -0.4 is 5.32 Å². The van der Waals surface area contributed by atoms with E-state index >= 15 is 0 Å². The molecule has 21 heavy (non-hydrogen) atoms. The van der Waals surface area contributed by atoms with Crippen LogP contribution in [-0.2, 0) is 4.74 Å². The smallest absolute Gasteiger partial charge is 0.339 e. The highest BCUT2D eigenvalue weighted by molar-refractivity contribution is 5.93. The van der Waals surface area contributed by atoms with Gasteiger partial charge in [-0.3, -0.25) is 0 Å². The molecule has 1 aliphatic rings. The summed E-state index contributed by atoms with van der Waals surface area (Å²) in [5.41, 5.74) is 0.127. The zero-order chi connectivity index (χ0) is 15.4. The minimum Gasteiger partial charge on any atom is -0.507 e. The number of rotatable bonds is 4. The average molecular weight is 294 g/mol. The van der Waals surface area contributed by atoms with Crippen molar-refractivity contribution in [1.29, 1.82) is 0 Å². The first-order valence-electron chi connectivity index (χ1n) is 6.67. The van der Waals surface area contributed by atoms with E-state index in [1.807, 2.05) is 0 Å². The van der Waals surface area contributed by atoms with Crippen molar-refractivity contribution < 1.29 is 24.5 Å². The normalized spacial score (nSPS) is 17.5. The third-order valence-electron chi connectivity index (χ3n) is 3.33. The number of carboxylic acid groups (broad SMARTS) is 1. The molecule has 114 valence electrons. The van der Waals surface area contributed by atoms with E-state index in [9.17, 15) is 14.7 Å². The maximum atomic E-state index is 12.0. The van der Waals surface area contributed by atoms with E-state index in [-0.39, 0.29) is 23.4 Å². The van der Waals surface area contributed by atoms with Crippen LogP contribution in [0.5, 0.6) is 5.75 Å². The fraction of sp³-hybridized carbons (Fsp3) is 0.429. The highest BCUT2D eigenvalue weighted by atomic mass is 16.5. The number of urea groups is 1. The molecular formula is C14H18N2O5. The number of carbonyl (C=O) groups excluding carboxylic acids is 1. The fourth-order valence-corrected chi connectivity index (χ4v) is 2.19. The maximum absolute atomic E-state index is 12.0. The Labute approximate surface area is 122 Å². The second-order valence-electron chi connectivity index (χ2n) is 4.98. The number of anilines is 1. The molecule has 1 saturated heterocycles. The number of hydrogen-bond donors (Lipinski definition) is 3. The van der Waals surface area contributed by atoms with Gasteiger partial charge in [0, 0.05) is 32.0 Å². The van der Waals surface area contributed by atoms with Gasteiger partial charge in [-0.05, 0) is 25.0 Å². The molecule has 1 atom stereocenters. The van der Waals surface area contributed by atoms with Crippen LogP contribution >= 0.6 is 0 Å². The minimum atomic E-state index is -1.22. The molecule has 1 aliphatic heterocycles. The van der Waals surface area contributed by atoms with Crippen LogP contribution in [0.1, 0.15) is 23.2 Å². The Morgan fingerprint density at radius 2 is 2.24 bits per heavy atom. The van der Waals surface area contributed by atoms with Crippen molar-refractivity contribution in [1.82, 2.24) is 4.90 Å². The molecule has 3 N–H and O–H groups in total. The van der Waals surface area contributed by atoms with Crippen molar-refractivity contribution in [2.45, 2.75) is 18.9 Å². The molecule has 0 aromatic heterocycles. The molecule has 1 aromatic rings. The number of carbonyl (C=O) groups is 2. The van der Waals surface area contributed by atoms with Crippen molar-refractivity contribution in [2.24, 2.45) is 0 Å². The standard InChI is InChI=1S/C14H18N2O5/c1-16(8-10-3-2-6-21-10)14(20)15-9-4-5-11(13(18)19)12(17)7-9/h4-5,7,10,17H,2-3,6,8H2,1H3,(H,15,20)(H,18,19). The van der Waals surface area contributed by atoms with Gasteiger partial charge < -0.3 is 25.2 Å². The molecule has 0 bridgehead atoms. The van der Waals surface area contributed by atoms with Gasteiger partial charge in [0.1, 0.15) is 11.3 Å². The van der Waals surface area contributed by atoms with Gasteiger partial charge in [0.25, 0.3) is 0 Å². The minimum absolute atomic E-state index is 0.0588. The summed E-state index contributed by atoms with van der Waals surface area (Å²) in [5.74, 6) is -1.61. The second-order valence-corrected chi connectivity index (χ2v) is 4.98. The Balaban J connectivity index is 1.95.